The summed E-state index contributed by atoms with van der Waals surface area (Å²) in [4.78, 5) is 0. The summed E-state index contributed by atoms with van der Waals surface area (Å²) in [6.45, 7) is 4.49. The molecule has 8 rings (SSSR count). The zero-order chi connectivity index (χ0) is 26.1. The Bertz CT molecular complexity index is 2010. The fraction of sp³-hybridized carbons (Fsp3) is 0.0769. The fourth-order valence-corrected chi connectivity index (χ4v) is 7.11. The molecule has 1 aliphatic carbocycles. The fourth-order valence-electron chi connectivity index (χ4n) is 7.11. The van der Waals surface area contributed by atoms with Crippen molar-refractivity contribution in [1.29, 1.82) is 0 Å². The Morgan fingerprint density at radius 1 is 0.436 bits per heavy atom. The van der Waals surface area contributed by atoms with Crippen molar-refractivity contribution < 1.29 is 0 Å². The maximum Gasteiger partial charge on any atom is 0.0714 e. The predicted octanol–water partition coefficient (Wildman–Crippen LogP) is 10.1. The second-order valence-corrected chi connectivity index (χ2v) is 11.1. The summed E-state index contributed by atoms with van der Waals surface area (Å²) in [6.07, 6.45) is 0. The molecule has 184 valence electrons. The average Bonchev–Trinajstić information content (AvgIpc) is 3.26. The molecule has 0 fully saturated rings. The molecule has 0 amide bonds. The number of benzene rings is 7. The third-order valence-corrected chi connectivity index (χ3v) is 8.87. The van der Waals surface area contributed by atoms with E-state index in [1.165, 1.54) is 76.8 Å². The van der Waals surface area contributed by atoms with Crippen LogP contribution in [0.1, 0.15) is 33.4 Å². The van der Waals surface area contributed by atoms with Gasteiger partial charge in [0.05, 0.1) is 5.41 Å². The Labute approximate surface area is 229 Å². The van der Waals surface area contributed by atoms with E-state index in [1.807, 2.05) is 0 Å². The van der Waals surface area contributed by atoms with Crippen LogP contribution in [0.5, 0.6) is 0 Å². The lowest BCUT2D eigenvalue weighted by molar-refractivity contribution is 0.770. The van der Waals surface area contributed by atoms with Crippen molar-refractivity contribution in [3.8, 4) is 11.1 Å². The molecule has 0 unspecified atom stereocenters. The van der Waals surface area contributed by atoms with Gasteiger partial charge in [0.15, 0.2) is 0 Å². The van der Waals surface area contributed by atoms with Gasteiger partial charge < -0.3 is 0 Å². The van der Waals surface area contributed by atoms with Gasteiger partial charge >= 0.3 is 0 Å². The number of fused-ring (bicyclic) bond motifs is 7. The van der Waals surface area contributed by atoms with Crippen LogP contribution in [0.25, 0.3) is 43.4 Å². The molecule has 0 aromatic heterocycles. The SMILES string of the molecule is Cc1ccc2c(c1)C(c1ccc3ccccc3c1)(c1ccc3ccccc3c1)c1cc(C)c3ccccc3c1-2. The molecule has 0 heteroatoms. The van der Waals surface area contributed by atoms with E-state index in [-0.39, 0.29) is 0 Å². The highest BCUT2D eigenvalue weighted by Crippen LogP contribution is 2.58. The van der Waals surface area contributed by atoms with Crippen molar-refractivity contribution in [3.05, 3.63) is 167 Å². The number of hydrogen-bond donors (Lipinski definition) is 0. The van der Waals surface area contributed by atoms with E-state index < -0.39 is 5.41 Å². The summed E-state index contributed by atoms with van der Waals surface area (Å²) in [6, 6.07) is 50.1. The Morgan fingerprint density at radius 2 is 1.00 bits per heavy atom. The molecule has 0 saturated carbocycles. The van der Waals surface area contributed by atoms with Crippen molar-refractivity contribution in [2.24, 2.45) is 0 Å². The van der Waals surface area contributed by atoms with Gasteiger partial charge in [-0.1, -0.05) is 127 Å². The maximum absolute atomic E-state index is 2.47. The second kappa shape index (κ2) is 8.16. The van der Waals surface area contributed by atoms with Crippen LogP contribution >= 0.6 is 0 Å². The standard InChI is InChI=1S/C39H28/c1-25-15-20-35-36(21-25)39(31-18-16-27-9-3-5-11-29(27)23-31,32-19-17-28-10-4-6-12-30(28)24-32)37-22-26(2)33-13-7-8-14-34(33)38(35)37/h3-24H,1-2H3. The molecule has 7 aromatic rings. The largest absolute Gasteiger partial charge is 0.0714 e. The molecule has 0 bridgehead atoms. The molecule has 0 radical (unpaired) electrons. The van der Waals surface area contributed by atoms with Crippen LogP contribution in [0.15, 0.2) is 133 Å². The topological polar surface area (TPSA) is 0 Å². The Kier molecular flexibility index (Phi) is 4.67. The van der Waals surface area contributed by atoms with Crippen LogP contribution in [0, 0.1) is 13.8 Å². The van der Waals surface area contributed by atoms with E-state index >= 15 is 0 Å². The van der Waals surface area contributed by atoms with E-state index in [1.54, 1.807) is 0 Å². The van der Waals surface area contributed by atoms with E-state index in [0.29, 0.717) is 0 Å². The van der Waals surface area contributed by atoms with Crippen LogP contribution < -0.4 is 0 Å². The Hall–Kier alpha value is -4.68. The zero-order valence-corrected chi connectivity index (χ0v) is 22.2. The highest BCUT2D eigenvalue weighted by atomic mass is 14.5. The summed E-state index contributed by atoms with van der Waals surface area (Å²) < 4.78 is 0. The minimum Gasteiger partial charge on any atom is -0.0616 e. The molecule has 0 nitrogen and oxygen atoms in total. The van der Waals surface area contributed by atoms with E-state index in [2.05, 4.69) is 147 Å². The molecule has 0 heterocycles. The monoisotopic (exact) mass is 496 g/mol. The highest BCUT2D eigenvalue weighted by Gasteiger charge is 2.47. The van der Waals surface area contributed by atoms with Crippen LogP contribution in [-0.2, 0) is 5.41 Å². The van der Waals surface area contributed by atoms with Crippen LogP contribution in [-0.4, -0.2) is 0 Å². The highest BCUT2D eigenvalue weighted by molar-refractivity contribution is 6.06. The Morgan fingerprint density at radius 3 is 1.64 bits per heavy atom. The van der Waals surface area contributed by atoms with Gasteiger partial charge in [-0.3, -0.25) is 0 Å². The normalized spacial score (nSPS) is 13.6. The number of rotatable bonds is 2. The lowest BCUT2D eigenvalue weighted by Gasteiger charge is -2.35. The van der Waals surface area contributed by atoms with Gasteiger partial charge in [0.25, 0.3) is 0 Å². The van der Waals surface area contributed by atoms with Gasteiger partial charge in [0, 0.05) is 0 Å². The van der Waals surface area contributed by atoms with Crippen molar-refractivity contribution in [2.75, 3.05) is 0 Å². The lowest BCUT2D eigenvalue weighted by Crippen LogP contribution is -2.29. The zero-order valence-electron chi connectivity index (χ0n) is 22.2. The van der Waals surface area contributed by atoms with Gasteiger partial charge in [-0.2, -0.15) is 0 Å². The van der Waals surface area contributed by atoms with Gasteiger partial charge in [0.1, 0.15) is 0 Å². The first-order chi connectivity index (χ1) is 19.1. The maximum atomic E-state index is 2.47. The van der Waals surface area contributed by atoms with Gasteiger partial charge in [-0.05, 0) is 97.2 Å². The van der Waals surface area contributed by atoms with E-state index in [4.69, 9.17) is 0 Å². The summed E-state index contributed by atoms with van der Waals surface area (Å²) in [5, 5.41) is 7.75. The minimum absolute atomic E-state index is 0.431. The molecule has 0 aliphatic heterocycles. The third-order valence-electron chi connectivity index (χ3n) is 8.87. The van der Waals surface area contributed by atoms with Gasteiger partial charge in [-0.25, -0.2) is 0 Å². The first kappa shape index (κ1) is 22.3. The molecular formula is C39H28. The first-order valence-corrected chi connectivity index (χ1v) is 13.8. The molecule has 7 aromatic carbocycles. The molecular weight excluding hydrogens is 468 g/mol. The van der Waals surface area contributed by atoms with Crippen molar-refractivity contribution in [1.82, 2.24) is 0 Å². The molecule has 0 spiro atoms. The number of hydrogen-bond acceptors (Lipinski definition) is 0. The van der Waals surface area contributed by atoms with E-state index in [9.17, 15) is 0 Å². The van der Waals surface area contributed by atoms with Crippen molar-refractivity contribution >= 4 is 32.3 Å². The van der Waals surface area contributed by atoms with Crippen LogP contribution in [0.3, 0.4) is 0 Å². The van der Waals surface area contributed by atoms with E-state index in [0.717, 1.165) is 0 Å². The average molecular weight is 497 g/mol. The summed E-state index contributed by atoms with van der Waals surface area (Å²) in [5.74, 6) is 0. The lowest BCUT2D eigenvalue weighted by atomic mass is 9.66. The number of aryl methyl sites for hydroxylation is 2. The molecule has 0 atom stereocenters. The van der Waals surface area contributed by atoms with Gasteiger partial charge in [-0.15, -0.1) is 0 Å². The first-order valence-electron chi connectivity index (χ1n) is 13.8. The molecule has 39 heavy (non-hydrogen) atoms. The summed E-state index contributed by atoms with van der Waals surface area (Å²) in [7, 11) is 0. The molecule has 1 aliphatic rings. The smallest absolute Gasteiger partial charge is 0.0616 e. The molecule has 0 saturated heterocycles. The van der Waals surface area contributed by atoms with Crippen LogP contribution in [0.4, 0.5) is 0 Å². The summed E-state index contributed by atoms with van der Waals surface area (Å²) >= 11 is 0. The quantitative estimate of drug-likeness (QED) is 0.223. The van der Waals surface area contributed by atoms with Crippen LogP contribution in [0.2, 0.25) is 0 Å². The predicted molar refractivity (Wildman–Crippen MR) is 166 cm³/mol. The van der Waals surface area contributed by atoms with Gasteiger partial charge in [0.2, 0.25) is 0 Å². The third kappa shape index (κ3) is 3.06. The van der Waals surface area contributed by atoms with Crippen molar-refractivity contribution in [2.45, 2.75) is 19.3 Å². The minimum atomic E-state index is -0.431. The van der Waals surface area contributed by atoms with Crippen molar-refractivity contribution in [3.63, 3.8) is 0 Å². The molecule has 0 N–H and O–H groups in total. The second-order valence-electron chi connectivity index (χ2n) is 11.1. The Balaban J connectivity index is 1.60. The summed E-state index contributed by atoms with van der Waals surface area (Å²) in [5.41, 5.74) is 10.3.